The first-order valence-electron chi connectivity index (χ1n) is 13.3. The molecule has 0 saturated carbocycles. The number of ether oxygens (including phenoxy) is 1. The number of hydrogen-bond donors (Lipinski definition) is 2. The lowest BCUT2D eigenvalue weighted by molar-refractivity contribution is 0.415. The van der Waals surface area contributed by atoms with Crippen molar-refractivity contribution in [1.29, 1.82) is 0 Å². The number of benzene rings is 3. The molecule has 0 aliphatic heterocycles. The van der Waals surface area contributed by atoms with Crippen LogP contribution in [0.15, 0.2) is 77.7 Å². The highest BCUT2D eigenvalue weighted by molar-refractivity contribution is 7.89. The highest BCUT2D eigenvalue weighted by atomic mass is 32.2. The summed E-state index contributed by atoms with van der Waals surface area (Å²) in [5.41, 5.74) is 6.19. The quantitative estimate of drug-likeness (QED) is 0.188. The van der Waals surface area contributed by atoms with Gasteiger partial charge in [0.1, 0.15) is 11.6 Å². The van der Waals surface area contributed by atoms with Crippen LogP contribution in [0.3, 0.4) is 0 Å². The van der Waals surface area contributed by atoms with E-state index in [1.54, 1.807) is 19.2 Å². The van der Waals surface area contributed by atoms with Gasteiger partial charge in [0.05, 0.1) is 17.7 Å². The van der Waals surface area contributed by atoms with Gasteiger partial charge >= 0.3 is 0 Å². The summed E-state index contributed by atoms with van der Waals surface area (Å²) < 4.78 is 33.7. The average molecular weight is 532 g/mol. The first-order chi connectivity index (χ1) is 18.4. The normalized spacial score (nSPS) is 11.6. The third-order valence-corrected chi connectivity index (χ3v) is 8.14. The van der Waals surface area contributed by atoms with Crippen LogP contribution in [0, 0.1) is 6.92 Å². The molecule has 0 aliphatic rings. The van der Waals surface area contributed by atoms with Gasteiger partial charge in [0, 0.05) is 23.4 Å². The molecule has 200 valence electrons. The van der Waals surface area contributed by atoms with Crippen molar-refractivity contribution in [2.45, 2.75) is 57.3 Å². The van der Waals surface area contributed by atoms with Gasteiger partial charge in [-0.15, -0.1) is 0 Å². The number of imidazole rings is 1. The summed E-state index contributed by atoms with van der Waals surface area (Å²) in [7, 11) is -1.91. The molecule has 6 nitrogen and oxygen atoms in total. The number of aromatic nitrogens is 2. The van der Waals surface area contributed by atoms with Crippen LogP contribution >= 0.6 is 0 Å². The molecule has 3 aromatic carbocycles. The Morgan fingerprint density at radius 3 is 2.18 bits per heavy atom. The fraction of sp³-hybridized carbons (Fsp3) is 0.323. The lowest BCUT2D eigenvalue weighted by Crippen LogP contribution is -2.25. The van der Waals surface area contributed by atoms with E-state index in [0.29, 0.717) is 24.3 Å². The van der Waals surface area contributed by atoms with Crippen molar-refractivity contribution in [2.75, 3.05) is 13.7 Å². The van der Waals surface area contributed by atoms with Crippen molar-refractivity contribution >= 4 is 10.0 Å². The summed E-state index contributed by atoms with van der Waals surface area (Å²) in [6.07, 6.45) is 5.74. The Labute approximate surface area is 226 Å². The van der Waals surface area contributed by atoms with E-state index in [1.165, 1.54) is 24.0 Å². The van der Waals surface area contributed by atoms with E-state index in [2.05, 4.69) is 47.8 Å². The summed E-state index contributed by atoms with van der Waals surface area (Å²) in [5, 5.41) is 0. The monoisotopic (exact) mass is 531 g/mol. The van der Waals surface area contributed by atoms with Gasteiger partial charge in [0.15, 0.2) is 0 Å². The minimum Gasteiger partial charge on any atom is -0.497 e. The fourth-order valence-corrected chi connectivity index (χ4v) is 5.47. The molecule has 0 saturated heterocycles. The third-order valence-electron chi connectivity index (χ3n) is 6.67. The standard InChI is InChI=1S/C31H37N3O3S/c1-4-5-6-8-24-12-20-28(21-13-24)38(35,36)32-22-7-9-29-30(25-16-18-27(37-3)19-17-25)34-31(33-29)26-14-10-23(2)11-15-26/h10-21,32H,4-9,22H2,1-3H3,(H,33,34). The summed E-state index contributed by atoms with van der Waals surface area (Å²) >= 11 is 0. The maximum absolute atomic E-state index is 12.8. The summed E-state index contributed by atoms with van der Waals surface area (Å²) in [6, 6.07) is 23.3. The molecule has 1 aromatic heterocycles. The molecule has 4 aromatic rings. The van der Waals surface area contributed by atoms with E-state index in [1.807, 2.05) is 36.4 Å². The molecule has 0 amide bonds. The van der Waals surface area contributed by atoms with Gasteiger partial charge in [-0.1, -0.05) is 61.7 Å². The fourth-order valence-electron chi connectivity index (χ4n) is 4.40. The molecule has 0 aliphatic carbocycles. The first kappa shape index (κ1) is 27.6. The maximum atomic E-state index is 12.8. The number of rotatable bonds is 13. The van der Waals surface area contributed by atoms with Crippen LogP contribution in [0.4, 0.5) is 0 Å². The number of sulfonamides is 1. The predicted molar refractivity (Wildman–Crippen MR) is 154 cm³/mol. The highest BCUT2D eigenvalue weighted by Crippen LogP contribution is 2.28. The lowest BCUT2D eigenvalue weighted by atomic mass is 10.1. The molecule has 0 spiro atoms. The number of nitrogens with one attached hydrogen (secondary N) is 2. The molecule has 0 fully saturated rings. The smallest absolute Gasteiger partial charge is 0.240 e. The lowest BCUT2D eigenvalue weighted by Gasteiger charge is -2.08. The number of aromatic amines is 1. The van der Waals surface area contributed by atoms with Crippen LogP contribution in [-0.2, 0) is 22.9 Å². The molecular weight excluding hydrogens is 494 g/mol. The molecule has 38 heavy (non-hydrogen) atoms. The van der Waals surface area contributed by atoms with Gasteiger partial charge in [-0.05, 0) is 74.6 Å². The average Bonchev–Trinajstić information content (AvgIpc) is 3.36. The topological polar surface area (TPSA) is 84.1 Å². The minimum atomic E-state index is -3.56. The van der Waals surface area contributed by atoms with Crippen LogP contribution < -0.4 is 9.46 Å². The molecule has 0 radical (unpaired) electrons. The van der Waals surface area contributed by atoms with Gasteiger partial charge in [-0.3, -0.25) is 0 Å². The zero-order valence-electron chi connectivity index (χ0n) is 22.5. The van der Waals surface area contributed by atoms with E-state index < -0.39 is 10.0 Å². The minimum absolute atomic E-state index is 0.305. The zero-order valence-corrected chi connectivity index (χ0v) is 23.3. The Morgan fingerprint density at radius 2 is 1.53 bits per heavy atom. The Morgan fingerprint density at radius 1 is 0.842 bits per heavy atom. The van der Waals surface area contributed by atoms with Crippen LogP contribution in [-0.4, -0.2) is 32.0 Å². The second-order valence-corrected chi connectivity index (χ2v) is 11.4. The number of nitrogens with zero attached hydrogens (tertiary/aromatic N) is 1. The second-order valence-electron chi connectivity index (χ2n) is 9.61. The van der Waals surface area contributed by atoms with Gasteiger partial charge in [-0.2, -0.15) is 0 Å². The third kappa shape index (κ3) is 7.11. The SMILES string of the molecule is CCCCCc1ccc(S(=O)(=O)NCCCc2[nH]c(-c3ccc(C)cc3)nc2-c2ccc(OC)cc2)cc1. The number of methoxy groups -OCH3 is 1. The summed E-state index contributed by atoms with van der Waals surface area (Å²) in [6.45, 7) is 4.57. The molecule has 2 N–H and O–H groups in total. The zero-order chi connectivity index (χ0) is 27.0. The molecule has 4 rings (SSSR count). The van der Waals surface area contributed by atoms with E-state index >= 15 is 0 Å². The molecule has 0 unspecified atom stereocenters. The van der Waals surface area contributed by atoms with Crippen molar-refractivity contribution in [3.8, 4) is 28.4 Å². The first-order valence-corrected chi connectivity index (χ1v) is 14.8. The second kappa shape index (κ2) is 12.9. The van der Waals surface area contributed by atoms with E-state index in [4.69, 9.17) is 9.72 Å². The summed E-state index contributed by atoms with van der Waals surface area (Å²) in [5.74, 6) is 1.58. The van der Waals surface area contributed by atoms with E-state index in [0.717, 1.165) is 46.9 Å². The Hall–Kier alpha value is -3.42. The number of unbranched alkanes of at least 4 members (excludes halogenated alkanes) is 2. The van der Waals surface area contributed by atoms with Crippen molar-refractivity contribution < 1.29 is 13.2 Å². The van der Waals surface area contributed by atoms with Gasteiger partial charge < -0.3 is 9.72 Å². The van der Waals surface area contributed by atoms with Crippen molar-refractivity contribution in [2.24, 2.45) is 0 Å². The van der Waals surface area contributed by atoms with Crippen molar-refractivity contribution in [3.05, 3.63) is 89.6 Å². The number of H-pyrrole nitrogens is 1. The van der Waals surface area contributed by atoms with Gasteiger partial charge in [0.2, 0.25) is 10.0 Å². The van der Waals surface area contributed by atoms with Gasteiger partial charge in [0.25, 0.3) is 0 Å². The Balaban J connectivity index is 1.44. The molecule has 0 atom stereocenters. The Kier molecular flexibility index (Phi) is 9.37. The number of hydrogen-bond acceptors (Lipinski definition) is 4. The van der Waals surface area contributed by atoms with Crippen LogP contribution in [0.25, 0.3) is 22.6 Å². The van der Waals surface area contributed by atoms with Crippen LogP contribution in [0.2, 0.25) is 0 Å². The predicted octanol–water partition coefficient (Wildman–Crippen LogP) is 6.70. The van der Waals surface area contributed by atoms with E-state index in [9.17, 15) is 8.42 Å². The number of aryl methyl sites for hydroxylation is 3. The van der Waals surface area contributed by atoms with E-state index in [-0.39, 0.29) is 0 Å². The van der Waals surface area contributed by atoms with Crippen molar-refractivity contribution in [3.63, 3.8) is 0 Å². The molecule has 1 heterocycles. The molecular formula is C31H37N3O3S. The molecule has 0 bridgehead atoms. The highest BCUT2D eigenvalue weighted by Gasteiger charge is 2.16. The Bertz CT molecular complexity index is 1410. The van der Waals surface area contributed by atoms with Gasteiger partial charge in [-0.25, -0.2) is 18.1 Å². The largest absolute Gasteiger partial charge is 0.497 e. The summed E-state index contributed by atoms with van der Waals surface area (Å²) in [4.78, 5) is 8.70. The van der Waals surface area contributed by atoms with Crippen molar-refractivity contribution in [1.82, 2.24) is 14.7 Å². The molecule has 7 heteroatoms. The maximum Gasteiger partial charge on any atom is 0.240 e. The van der Waals surface area contributed by atoms with Crippen LogP contribution in [0.5, 0.6) is 5.75 Å². The van der Waals surface area contributed by atoms with Crippen LogP contribution in [0.1, 0.15) is 49.4 Å².